The van der Waals surface area contributed by atoms with E-state index < -0.39 is 0 Å². The summed E-state index contributed by atoms with van der Waals surface area (Å²) in [6, 6.07) is 55.7. The summed E-state index contributed by atoms with van der Waals surface area (Å²) in [6.07, 6.45) is 3.65. The molecule has 0 radical (unpaired) electrons. The zero-order valence-corrected chi connectivity index (χ0v) is 30.8. The number of fused-ring (bicyclic) bond motifs is 9. The molecule has 12 aromatic rings. The van der Waals surface area contributed by atoms with Crippen LogP contribution in [-0.2, 0) is 0 Å². The van der Waals surface area contributed by atoms with Crippen molar-refractivity contribution in [3.8, 4) is 56.5 Å². The van der Waals surface area contributed by atoms with Gasteiger partial charge in [-0.25, -0.2) is 15.0 Å². The van der Waals surface area contributed by atoms with Crippen molar-refractivity contribution in [2.75, 3.05) is 0 Å². The summed E-state index contributed by atoms with van der Waals surface area (Å²) in [7, 11) is 0. The summed E-state index contributed by atoms with van der Waals surface area (Å²) in [5.74, 6) is 1.23. The van der Waals surface area contributed by atoms with Crippen molar-refractivity contribution >= 4 is 65.6 Å². The maximum atomic E-state index is 6.45. The van der Waals surface area contributed by atoms with Crippen LogP contribution in [0, 0.1) is 0 Å². The lowest BCUT2D eigenvalue weighted by molar-refractivity contribution is 0.620. The molecule has 0 N–H and O–H groups in total. The number of nitrogens with zero attached hydrogens (tertiary/aromatic N) is 5. The Morgan fingerprint density at radius 1 is 0.362 bits per heavy atom. The number of furan rings is 1. The molecule has 0 saturated heterocycles. The zero-order chi connectivity index (χ0) is 38.2. The summed E-state index contributed by atoms with van der Waals surface area (Å²) < 4.78 is 12.6. The minimum Gasteiger partial charge on any atom is -0.456 e. The van der Waals surface area contributed by atoms with E-state index in [2.05, 4.69) is 96.0 Å². The van der Waals surface area contributed by atoms with Gasteiger partial charge >= 0.3 is 0 Å². The average molecular weight is 744 g/mol. The Morgan fingerprint density at radius 2 is 1.09 bits per heavy atom. The van der Waals surface area contributed by atoms with E-state index in [1.807, 2.05) is 85.2 Å². The average Bonchev–Trinajstić information content (AvgIpc) is 3.90. The molecule has 0 bridgehead atoms. The predicted octanol–water partition coefficient (Wildman–Crippen LogP) is 13.1. The molecule has 7 aromatic carbocycles. The molecule has 0 saturated carbocycles. The number of aromatic nitrogens is 5. The smallest absolute Gasteiger partial charge is 0.227 e. The van der Waals surface area contributed by atoms with Gasteiger partial charge in [0.05, 0.1) is 27.8 Å². The van der Waals surface area contributed by atoms with Crippen LogP contribution < -0.4 is 0 Å². The van der Waals surface area contributed by atoms with Gasteiger partial charge < -0.3 is 8.83 Å². The van der Waals surface area contributed by atoms with Gasteiger partial charge in [-0.3, -0.25) is 9.97 Å². The van der Waals surface area contributed by atoms with E-state index in [9.17, 15) is 0 Å². The lowest BCUT2D eigenvalue weighted by atomic mass is 9.94. The molecule has 0 unspecified atom stereocenters. The Balaban J connectivity index is 0.955. The highest BCUT2D eigenvalue weighted by atomic mass is 16.4. The van der Waals surface area contributed by atoms with E-state index >= 15 is 0 Å². The van der Waals surface area contributed by atoms with Crippen LogP contribution in [-0.4, -0.2) is 24.9 Å². The maximum absolute atomic E-state index is 6.45. The first-order valence-corrected chi connectivity index (χ1v) is 19.1. The number of para-hydroxylation sites is 1. The minimum absolute atomic E-state index is 0.575. The summed E-state index contributed by atoms with van der Waals surface area (Å²) in [6.45, 7) is 0. The number of pyridine rings is 2. The summed E-state index contributed by atoms with van der Waals surface area (Å²) in [5, 5.41) is 6.20. The van der Waals surface area contributed by atoms with Gasteiger partial charge in [0.1, 0.15) is 16.7 Å². The molecular weight excluding hydrogens is 715 g/mol. The monoisotopic (exact) mass is 743 g/mol. The Labute approximate surface area is 330 Å². The fourth-order valence-corrected chi connectivity index (χ4v) is 8.30. The Hall–Kier alpha value is -8.03. The van der Waals surface area contributed by atoms with E-state index in [1.54, 1.807) is 0 Å². The van der Waals surface area contributed by atoms with Gasteiger partial charge in [0.2, 0.25) is 5.89 Å². The standard InChI is InChI=1S/C51H29N5O2/c1-2-9-33(10-3-1)50-54-41(29-42(55-50)37-26-28-53-48-38(37)21-20-32-11-8-27-52-47(32)48)31-18-16-30(17-19-31)34-22-23-39(36-13-5-4-12-35(34)36)51-56-49-45(58-51)25-24-44-46(49)40-14-6-7-15-43(40)57-44/h1-29H. The van der Waals surface area contributed by atoms with Crippen LogP contribution in [0.15, 0.2) is 185 Å². The Kier molecular flexibility index (Phi) is 7.09. The van der Waals surface area contributed by atoms with Crippen LogP contribution in [0.1, 0.15) is 0 Å². The SMILES string of the molecule is c1ccc(-c2nc(-c3ccc(-c4ccc(-c5nc6c(ccc7oc8ccccc8c76)o5)c5ccccc45)cc3)cc(-c3ccnc4c3ccc3cccnc34)n2)cc1. The van der Waals surface area contributed by atoms with E-state index in [4.69, 9.17) is 28.8 Å². The van der Waals surface area contributed by atoms with Crippen molar-refractivity contribution in [2.24, 2.45) is 0 Å². The fourth-order valence-electron chi connectivity index (χ4n) is 8.30. The minimum atomic E-state index is 0.575. The first kappa shape index (κ1) is 32.2. The van der Waals surface area contributed by atoms with Crippen molar-refractivity contribution in [2.45, 2.75) is 0 Å². The molecule has 0 aliphatic carbocycles. The van der Waals surface area contributed by atoms with Crippen molar-refractivity contribution in [1.29, 1.82) is 0 Å². The number of hydrogen-bond donors (Lipinski definition) is 0. The number of rotatable bonds is 5. The molecule has 0 atom stereocenters. The molecule has 7 nitrogen and oxygen atoms in total. The first-order valence-electron chi connectivity index (χ1n) is 19.1. The van der Waals surface area contributed by atoms with Gasteiger partial charge in [0, 0.05) is 50.8 Å². The maximum Gasteiger partial charge on any atom is 0.227 e. The van der Waals surface area contributed by atoms with Crippen molar-refractivity contribution in [1.82, 2.24) is 24.9 Å². The summed E-state index contributed by atoms with van der Waals surface area (Å²) in [4.78, 5) is 24.7. The van der Waals surface area contributed by atoms with Crippen LogP contribution in [0.25, 0.3) is 122 Å². The fraction of sp³-hybridized carbons (Fsp3) is 0. The van der Waals surface area contributed by atoms with Gasteiger partial charge in [-0.1, -0.05) is 121 Å². The summed E-state index contributed by atoms with van der Waals surface area (Å²) in [5.41, 5.74) is 12.6. The normalized spacial score (nSPS) is 11.8. The van der Waals surface area contributed by atoms with E-state index in [0.29, 0.717) is 11.7 Å². The third kappa shape index (κ3) is 5.11. The highest BCUT2D eigenvalue weighted by Crippen LogP contribution is 2.40. The molecule has 0 spiro atoms. The molecule has 0 aliphatic rings. The topological polar surface area (TPSA) is 90.7 Å². The highest BCUT2D eigenvalue weighted by molar-refractivity contribution is 6.17. The van der Waals surface area contributed by atoms with Gasteiger partial charge in [0.15, 0.2) is 11.4 Å². The van der Waals surface area contributed by atoms with Gasteiger partial charge in [-0.2, -0.15) is 0 Å². The van der Waals surface area contributed by atoms with Crippen LogP contribution in [0.2, 0.25) is 0 Å². The molecular formula is C51H29N5O2. The second-order valence-corrected chi connectivity index (χ2v) is 14.4. The van der Waals surface area contributed by atoms with Gasteiger partial charge in [-0.15, -0.1) is 0 Å². The molecule has 5 heterocycles. The van der Waals surface area contributed by atoms with Crippen molar-refractivity contribution in [3.05, 3.63) is 176 Å². The molecule has 58 heavy (non-hydrogen) atoms. The molecule has 270 valence electrons. The van der Waals surface area contributed by atoms with Gasteiger partial charge in [0.25, 0.3) is 0 Å². The molecule has 7 heteroatoms. The van der Waals surface area contributed by atoms with E-state index in [-0.39, 0.29) is 0 Å². The van der Waals surface area contributed by atoms with Crippen LogP contribution in [0.4, 0.5) is 0 Å². The number of benzene rings is 7. The zero-order valence-electron chi connectivity index (χ0n) is 30.8. The predicted molar refractivity (Wildman–Crippen MR) is 232 cm³/mol. The van der Waals surface area contributed by atoms with E-state index in [0.717, 1.165) is 110 Å². The quantitative estimate of drug-likeness (QED) is 0.162. The second-order valence-electron chi connectivity index (χ2n) is 14.4. The van der Waals surface area contributed by atoms with Crippen LogP contribution in [0.3, 0.4) is 0 Å². The van der Waals surface area contributed by atoms with Crippen molar-refractivity contribution < 1.29 is 8.83 Å². The molecule has 0 aliphatic heterocycles. The van der Waals surface area contributed by atoms with Gasteiger partial charge in [-0.05, 0) is 64.4 Å². The lowest BCUT2D eigenvalue weighted by Gasteiger charge is -2.13. The highest BCUT2D eigenvalue weighted by Gasteiger charge is 2.19. The second kappa shape index (κ2) is 12.8. The summed E-state index contributed by atoms with van der Waals surface area (Å²) >= 11 is 0. The van der Waals surface area contributed by atoms with Crippen molar-refractivity contribution in [3.63, 3.8) is 0 Å². The largest absolute Gasteiger partial charge is 0.456 e. The molecule has 0 amide bonds. The Bertz CT molecular complexity index is 3570. The molecule has 12 rings (SSSR count). The van der Waals surface area contributed by atoms with Crippen LogP contribution in [0.5, 0.6) is 0 Å². The molecule has 5 aromatic heterocycles. The molecule has 0 fully saturated rings. The Morgan fingerprint density at radius 3 is 1.97 bits per heavy atom. The third-order valence-electron chi connectivity index (χ3n) is 11.1. The third-order valence-corrected chi connectivity index (χ3v) is 11.1. The first-order chi connectivity index (χ1) is 28.7. The number of hydrogen-bond acceptors (Lipinski definition) is 7. The lowest BCUT2D eigenvalue weighted by Crippen LogP contribution is -1.97. The van der Waals surface area contributed by atoms with E-state index in [1.165, 1.54) is 0 Å². The van der Waals surface area contributed by atoms with Crippen LogP contribution >= 0.6 is 0 Å². The number of oxazole rings is 1.